The number of nitrogens with one attached hydrogen (secondary N) is 1. The fourth-order valence-corrected chi connectivity index (χ4v) is 5.12. The number of fused-ring (bicyclic) bond motifs is 4. The molecule has 4 rings (SSSR count). The zero-order chi connectivity index (χ0) is 21.1. The molecule has 0 unspecified atom stereocenters. The smallest absolute Gasteiger partial charge is 0.233 e. The lowest BCUT2D eigenvalue weighted by molar-refractivity contribution is -0.144. The largest absolute Gasteiger partial charge is 0.465 e. The SMILES string of the molecule is CN(C)C(=O)[C@H]1[C@H]2NC(=S)N(c3ccc(Cl)cc3)[C@@]1(C)Oc1c(Cl)cc(Cl)cc12. The summed E-state index contributed by atoms with van der Waals surface area (Å²) in [7, 11) is 3.43. The molecule has 2 aliphatic heterocycles. The molecule has 5 nitrogen and oxygen atoms in total. The van der Waals surface area contributed by atoms with Gasteiger partial charge in [0.25, 0.3) is 0 Å². The summed E-state index contributed by atoms with van der Waals surface area (Å²) in [5.74, 6) is -0.226. The summed E-state index contributed by atoms with van der Waals surface area (Å²) in [6.45, 7) is 1.85. The van der Waals surface area contributed by atoms with Gasteiger partial charge >= 0.3 is 0 Å². The van der Waals surface area contributed by atoms with Crippen LogP contribution < -0.4 is 15.0 Å². The maximum Gasteiger partial charge on any atom is 0.233 e. The molecule has 0 radical (unpaired) electrons. The monoisotopic (exact) mass is 469 g/mol. The second-order valence-electron chi connectivity index (χ2n) is 7.41. The summed E-state index contributed by atoms with van der Waals surface area (Å²) in [4.78, 5) is 16.6. The molecule has 1 fully saturated rings. The molecule has 0 aliphatic carbocycles. The number of benzene rings is 2. The van der Waals surface area contributed by atoms with Crippen molar-refractivity contribution in [3.63, 3.8) is 0 Å². The molecule has 29 heavy (non-hydrogen) atoms. The number of ether oxygens (including phenoxy) is 1. The summed E-state index contributed by atoms with van der Waals surface area (Å²) < 4.78 is 6.46. The van der Waals surface area contributed by atoms with Crippen molar-refractivity contribution < 1.29 is 9.53 Å². The van der Waals surface area contributed by atoms with Crippen LogP contribution in [0, 0.1) is 5.92 Å². The molecule has 152 valence electrons. The van der Waals surface area contributed by atoms with E-state index in [1.807, 2.05) is 19.1 Å². The molecule has 1 saturated heterocycles. The molecule has 0 saturated carbocycles. The van der Waals surface area contributed by atoms with E-state index in [4.69, 9.17) is 51.8 Å². The fraction of sp³-hybridized carbons (Fsp3) is 0.300. The highest BCUT2D eigenvalue weighted by Crippen LogP contribution is 2.52. The number of anilines is 1. The highest BCUT2D eigenvalue weighted by Gasteiger charge is 2.59. The third kappa shape index (κ3) is 3.22. The van der Waals surface area contributed by atoms with Crippen LogP contribution in [0.5, 0.6) is 5.75 Å². The Morgan fingerprint density at radius 1 is 1.17 bits per heavy atom. The Labute approximate surface area is 189 Å². The number of halogens is 3. The molecule has 0 aromatic heterocycles. The average Bonchev–Trinajstić information content (AvgIpc) is 2.63. The molecule has 1 N–H and O–H groups in total. The van der Waals surface area contributed by atoms with Crippen LogP contribution in [0.3, 0.4) is 0 Å². The third-order valence-corrected chi connectivity index (χ3v) is 6.36. The van der Waals surface area contributed by atoms with Gasteiger partial charge < -0.3 is 15.0 Å². The van der Waals surface area contributed by atoms with Crippen LogP contribution in [0.4, 0.5) is 5.69 Å². The van der Waals surface area contributed by atoms with Gasteiger partial charge in [-0.15, -0.1) is 0 Å². The molecule has 2 aromatic rings. The molecule has 3 atom stereocenters. The molecule has 2 bridgehead atoms. The minimum absolute atomic E-state index is 0.104. The van der Waals surface area contributed by atoms with E-state index in [1.165, 1.54) is 0 Å². The maximum atomic E-state index is 13.3. The number of carbonyl (C=O) groups excluding carboxylic acids is 1. The van der Waals surface area contributed by atoms with Gasteiger partial charge in [-0.1, -0.05) is 34.8 Å². The van der Waals surface area contributed by atoms with Crippen molar-refractivity contribution >= 4 is 63.7 Å². The van der Waals surface area contributed by atoms with E-state index in [0.717, 1.165) is 5.69 Å². The molecule has 2 aromatic carbocycles. The molecular formula is C20H18Cl3N3O2S. The van der Waals surface area contributed by atoms with Gasteiger partial charge in [0, 0.05) is 35.4 Å². The van der Waals surface area contributed by atoms with Crippen LogP contribution in [0.15, 0.2) is 36.4 Å². The van der Waals surface area contributed by atoms with Crippen LogP contribution in [-0.2, 0) is 4.79 Å². The van der Waals surface area contributed by atoms with Gasteiger partial charge in [-0.05, 0) is 55.5 Å². The average molecular weight is 471 g/mol. The number of thiocarbonyl (C=S) groups is 1. The van der Waals surface area contributed by atoms with E-state index in [1.54, 1.807) is 48.2 Å². The van der Waals surface area contributed by atoms with Crippen molar-refractivity contribution in [1.29, 1.82) is 0 Å². The standard InChI is InChI=1S/C20H18Cl3N3O2S/c1-20-15(18(27)25(2)3)16(13-8-11(22)9-14(23)17(13)28-20)24-19(29)26(20)12-6-4-10(21)5-7-12/h4-9,15-16H,1-3H3,(H,24,29)/t15-,16+,20+/m1/s1. The Bertz CT molecular complexity index is 1010. The molecule has 1 amide bonds. The van der Waals surface area contributed by atoms with Gasteiger partial charge in [0.1, 0.15) is 11.7 Å². The quantitative estimate of drug-likeness (QED) is 0.633. The van der Waals surface area contributed by atoms with E-state index in [-0.39, 0.29) is 5.91 Å². The second kappa shape index (κ2) is 7.20. The van der Waals surface area contributed by atoms with Crippen molar-refractivity contribution in [1.82, 2.24) is 10.2 Å². The number of carbonyl (C=O) groups is 1. The lowest BCUT2D eigenvalue weighted by Gasteiger charge is -2.56. The predicted molar refractivity (Wildman–Crippen MR) is 120 cm³/mol. The molecule has 2 heterocycles. The zero-order valence-corrected chi connectivity index (χ0v) is 19.0. The molecule has 9 heteroatoms. The Balaban J connectivity index is 1.94. The summed E-state index contributed by atoms with van der Waals surface area (Å²) in [5.41, 5.74) is 0.336. The molecule has 0 spiro atoms. The van der Waals surface area contributed by atoms with Crippen LogP contribution in [-0.4, -0.2) is 35.7 Å². The van der Waals surface area contributed by atoms with Crippen molar-refractivity contribution in [2.24, 2.45) is 5.92 Å². The van der Waals surface area contributed by atoms with Gasteiger partial charge in [-0.3, -0.25) is 9.69 Å². The zero-order valence-electron chi connectivity index (χ0n) is 15.9. The van der Waals surface area contributed by atoms with E-state index in [9.17, 15) is 4.79 Å². The third-order valence-electron chi connectivity index (χ3n) is 5.31. The number of hydrogen-bond acceptors (Lipinski definition) is 3. The van der Waals surface area contributed by atoms with Gasteiger partial charge in [0.2, 0.25) is 5.91 Å². The van der Waals surface area contributed by atoms with Gasteiger partial charge in [0.15, 0.2) is 10.8 Å². The van der Waals surface area contributed by atoms with Gasteiger partial charge in [-0.2, -0.15) is 0 Å². The number of amides is 1. The van der Waals surface area contributed by atoms with Gasteiger partial charge in [-0.25, -0.2) is 0 Å². The highest BCUT2D eigenvalue weighted by atomic mass is 35.5. The van der Waals surface area contributed by atoms with Crippen molar-refractivity contribution in [2.45, 2.75) is 18.7 Å². The summed E-state index contributed by atoms with van der Waals surface area (Å²) in [6, 6.07) is 10.1. The second-order valence-corrected chi connectivity index (χ2v) is 9.08. The van der Waals surface area contributed by atoms with Crippen LogP contribution in [0.2, 0.25) is 15.1 Å². The highest BCUT2D eigenvalue weighted by molar-refractivity contribution is 7.80. The number of rotatable bonds is 2. The van der Waals surface area contributed by atoms with E-state index < -0.39 is 17.7 Å². The summed E-state index contributed by atoms with van der Waals surface area (Å²) >= 11 is 24.4. The minimum Gasteiger partial charge on any atom is -0.465 e. The first kappa shape index (κ1) is 20.5. The lowest BCUT2D eigenvalue weighted by atomic mass is 9.78. The van der Waals surface area contributed by atoms with E-state index in [2.05, 4.69) is 5.32 Å². The Hall–Kier alpha value is -1.73. The summed E-state index contributed by atoms with van der Waals surface area (Å²) in [6.07, 6.45) is 0. The first-order valence-electron chi connectivity index (χ1n) is 8.89. The normalized spacial score (nSPS) is 25.0. The predicted octanol–water partition coefficient (Wildman–Crippen LogP) is 4.90. The van der Waals surface area contributed by atoms with Crippen LogP contribution >= 0.6 is 47.0 Å². The van der Waals surface area contributed by atoms with Crippen molar-refractivity contribution in [2.75, 3.05) is 19.0 Å². The summed E-state index contributed by atoms with van der Waals surface area (Å²) in [5, 5.41) is 5.19. The first-order chi connectivity index (χ1) is 13.6. The van der Waals surface area contributed by atoms with Crippen molar-refractivity contribution in [3.05, 3.63) is 57.0 Å². The van der Waals surface area contributed by atoms with Gasteiger partial charge in [0.05, 0.1) is 11.1 Å². The molecular weight excluding hydrogens is 453 g/mol. The Morgan fingerprint density at radius 2 is 1.83 bits per heavy atom. The minimum atomic E-state index is -1.12. The number of nitrogens with zero attached hydrogens (tertiary/aromatic N) is 2. The molecule has 2 aliphatic rings. The van der Waals surface area contributed by atoms with Crippen LogP contribution in [0.25, 0.3) is 0 Å². The Kier molecular flexibility index (Phi) is 5.10. The fourth-order valence-electron chi connectivity index (χ4n) is 4.04. The maximum absolute atomic E-state index is 13.3. The number of hydrogen-bond donors (Lipinski definition) is 1. The lowest BCUT2D eigenvalue weighted by Crippen LogP contribution is -2.72. The van der Waals surface area contributed by atoms with E-state index >= 15 is 0 Å². The first-order valence-corrected chi connectivity index (χ1v) is 10.4. The van der Waals surface area contributed by atoms with Crippen molar-refractivity contribution in [3.8, 4) is 5.75 Å². The van der Waals surface area contributed by atoms with E-state index in [0.29, 0.717) is 31.5 Å². The topological polar surface area (TPSA) is 44.8 Å². The Morgan fingerprint density at radius 3 is 2.45 bits per heavy atom. The van der Waals surface area contributed by atoms with Crippen LogP contribution in [0.1, 0.15) is 18.5 Å².